The zero-order valence-electron chi connectivity index (χ0n) is 14.0. The first-order valence-electron chi connectivity index (χ1n) is 7.62. The van der Waals surface area contributed by atoms with Crippen molar-refractivity contribution in [2.24, 2.45) is 0 Å². The first kappa shape index (κ1) is 19.3. The summed E-state index contributed by atoms with van der Waals surface area (Å²) in [5, 5.41) is 6.20. The third-order valence-corrected chi connectivity index (χ3v) is 4.52. The molecule has 5 nitrogen and oxygen atoms in total. The Morgan fingerprint density at radius 1 is 1.16 bits per heavy atom. The molecule has 0 unspecified atom stereocenters. The van der Waals surface area contributed by atoms with Crippen LogP contribution in [0.1, 0.15) is 17.3 Å². The molecule has 0 bridgehead atoms. The number of carbonyl (C=O) groups excluding carboxylic acids is 2. The lowest BCUT2D eigenvalue weighted by Crippen LogP contribution is -2.27. The van der Waals surface area contributed by atoms with Crippen molar-refractivity contribution < 1.29 is 14.3 Å². The van der Waals surface area contributed by atoms with Crippen molar-refractivity contribution in [3.8, 4) is 0 Å². The lowest BCUT2D eigenvalue weighted by molar-refractivity contribution is -0.114. The number of ether oxygens (including phenoxy) is 1. The zero-order valence-corrected chi connectivity index (χ0v) is 15.5. The summed E-state index contributed by atoms with van der Waals surface area (Å²) in [4.78, 5) is 25.5. The molecule has 0 radical (unpaired) electrons. The third kappa shape index (κ3) is 6.08. The van der Waals surface area contributed by atoms with E-state index in [-0.39, 0.29) is 11.8 Å². The Bertz CT molecular complexity index is 750. The van der Waals surface area contributed by atoms with E-state index in [4.69, 9.17) is 16.3 Å². The van der Waals surface area contributed by atoms with Crippen molar-refractivity contribution in [2.75, 3.05) is 25.6 Å². The van der Waals surface area contributed by atoms with Gasteiger partial charge in [0, 0.05) is 41.0 Å². The Hall–Kier alpha value is -2.02. The second kappa shape index (κ2) is 9.46. The number of hydrogen-bond donors (Lipinski definition) is 2. The maximum absolute atomic E-state index is 12.2. The van der Waals surface area contributed by atoms with Gasteiger partial charge in [-0.3, -0.25) is 9.59 Å². The Morgan fingerprint density at radius 2 is 1.88 bits per heavy atom. The largest absolute Gasteiger partial charge is 0.383 e. The normalized spacial score (nSPS) is 10.4. The van der Waals surface area contributed by atoms with Crippen molar-refractivity contribution in [1.29, 1.82) is 0 Å². The lowest BCUT2D eigenvalue weighted by Gasteiger charge is -2.12. The lowest BCUT2D eigenvalue weighted by atomic mass is 10.2. The van der Waals surface area contributed by atoms with Gasteiger partial charge in [-0.1, -0.05) is 23.4 Å². The number of carbonyl (C=O) groups is 2. The van der Waals surface area contributed by atoms with E-state index >= 15 is 0 Å². The molecular formula is C18H19ClN2O3S. The fourth-order valence-corrected chi connectivity index (χ4v) is 3.05. The van der Waals surface area contributed by atoms with Crippen LogP contribution in [0.2, 0.25) is 5.02 Å². The molecule has 2 amide bonds. The van der Waals surface area contributed by atoms with Gasteiger partial charge in [0.25, 0.3) is 5.91 Å². The first-order chi connectivity index (χ1) is 12.0. The van der Waals surface area contributed by atoms with Crippen molar-refractivity contribution in [3.05, 3.63) is 53.1 Å². The van der Waals surface area contributed by atoms with Crippen molar-refractivity contribution in [2.45, 2.75) is 16.7 Å². The summed E-state index contributed by atoms with van der Waals surface area (Å²) in [5.41, 5.74) is 1.06. The highest BCUT2D eigenvalue weighted by Crippen LogP contribution is 2.34. The number of benzene rings is 2. The van der Waals surface area contributed by atoms with E-state index < -0.39 is 0 Å². The number of amides is 2. The van der Waals surface area contributed by atoms with Crippen molar-refractivity contribution >= 4 is 40.9 Å². The Balaban J connectivity index is 2.22. The highest BCUT2D eigenvalue weighted by atomic mass is 35.5. The maximum atomic E-state index is 12.2. The molecule has 0 aliphatic heterocycles. The van der Waals surface area contributed by atoms with Crippen LogP contribution in [0, 0.1) is 0 Å². The number of halogens is 1. The number of anilines is 1. The first-order valence-corrected chi connectivity index (χ1v) is 8.81. The van der Waals surface area contributed by atoms with Crippen LogP contribution in [-0.2, 0) is 9.53 Å². The molecule has 0 spiro atoms. The van der Waals surface area contributed by atoms with E-state index in [0.29, 0.717) is 29.4 Å². The van der Waals surface area contributed by atoms with Crippen LogP contribution in [0.4, 0.5) is 5.69 Å². The Kier molecular flexibility index (Phi) is 7.31. The number of hydrogen-bond acceptors (Lipinski definition) is 4. The van der Waals surface area contributed by atoms with E-state index in [2.05, 4.69) is 10.6 Å². The molecule has 0 fully saturated rings. The van der Waals surface area contributed by atoms with Crippen LogP contribution in [0.25, 0.3) is 0 Å². The average molecular weight is 379 g/mol. The highest BCUT2D eigenvalue weighted by molar-refractivity contribution is 7.99. The highest BCUT2D eigenvalue weighted by Gasteiger charge is 2.12. The molecule has 0 aliphatic rings. The summed E-state index contributed by atoms with van der Waals surface area (Å²) in [6.07, 6.45) is 0. The molecule has 2 aromatic carbocycles. The standard InChI is InChI=1S/C18H19ClN2O3S/c1-12(22)21-16-11-13(18(23)20-9-10-24-2)3-8-17(16)25-15-6-4-14(19)5-7-15/h3-8,11H,9-10H2,1-2H3,(H,20,23)(H,21,22). The Labute approximate surface area is 156 Å². The average Bonchev–Trinajstić information content (AvgIpc) is 2.58. The predicted octanol–water partition coefficient (Wildman–Crippen LogP) is 3.83. The van der Waals surface area contributed by atoms with Gasteiger partial charge in [-0.05, 0) is 42.5 Å². The summed E-state index contributed by atoms with van der Waals surface area (Å²) in [6.45, 7) is 2.29. The van der Waals surface area contributed by atoms with Crippen molar-refractivity contribution in [3.63, 3.8) is 0 Å². The zero-order chi connectivity index (χ0) is 18.2. The van der Waals surface area contributed by atoms with Gasteiger partial charge in [-0.2, -0.15) is 0 Å². The number of methoxy groups -OCH3 is 1. The molecule has 2 aromatic rings. The molecule has 7 heteroatoms. The van der Waals surface area contributed by atoms with Gasteiger partial charge in [0.1, 0.15) is 0 Å². The molecule has 0 saturated heterocycles. The van der Waals surface area contributed by atoms with Gasteiger partial charge >= 0.3 is 0 Å². The Morgan fingerprint density at radius 3 is 2.52 bits per heavy atom. The van der Waals surface area contributed by atoms with E-state index in [0.717, 1.165) is 9.79 Å². The molecule has 0 atom stereocenters. The molecule has 0 aromatic heterocycles. The molecular weight excluding hydrogens is 360 g/mol. The van der Waals surface area contributed by atoms with E-state index in [1.54, 1.807) is 31.4 Å². The minimum atomic E-state index is -0.216. The number of nitrogens with one attached hydrogen (secondary N) is 2. The predicted molar refractivity (Wildman–Crippen MR) is 101 cm³/mol. The molecule has 0 aliphatic carbocycles. The van der Waals surface area contributed by atoms with Crippen LogP contribution in [0.5, 0.6) is 0 Å². The van der Waals surface area contributed by atoms with E-state index in [9.17, 15) is 9.59 Å². The van der Waals surface area contributed by atoms with Gasteiger partial charge < -0.3 is 15.4 Å². The van der Waals surface area contributed by atoms with Crippen LogP contribution < -0.4 is 10.6 Å². The molecule has 2 rings (SSSR count). The molecule has 25 heavy (non-hydrogen) atoms. The molecule has 132 valence electrons. The maximum Gasteiger partial charge on any atom is 0.251 e. The van der Waals surface area contributed by atoms with Gasteiger partial charge in [-0.15, -0.1) is 0 Å². The third-order valence-electron chi connectivity index (χ3n) is 3.19. The van der Waals surface area contributed by atoms with Gasteiger partial charge in [0.05, 0.1) is 12.3 Å². The van der Waals surface area contributed by atoms with Crippen LogP contribution in [-0.4, -0.2) is 32.1 Å². The summed E-state index contributed by atoms with van der Waals surface area (Å²) >= 11 is 7.38. The molecule has 2 N–H and O–H groups in total. The van der Waals surface area contributed by atoms with Crippen LogP contribution >= 0.6 is 23.4 Å². The van der Waals surface area contributed by atoms with Gasteiger partial charge in [0.2, 0.25) is 5.91 Å². The molecule has 0 saturated carbocycles. The monoisotopic (exact) mass is 378 g/mol. The fraction of sp³-hybridized carbons (Fsp3) is 0.222. The summed E-state index contributed by atoms with van der Waals surface area (Å²) in [6, 6.07) is 12.6. The fourth-order valence-electron chi connectivity index (χ4n) is 2.05. The second-order valence-corrected chi connectivity index (χ2v) is 6.75. The van der Waals surface area contributed by atoms with Crippen molar-refractivity contribution in [1.82, 2.24) is 5.32 Å². The van der Waals surface area contributed by atoms with E-state index in [1.807, 2.05) is 18.2 Å². The molecule has 0 heterocycles. The topological polar surface area (TPSA) is 67.4 Å². The van der Waals surface area contributed by atoms with Crippen LogP contribution in [0.15, 0.2) is 52.3 Å². The summed E-state index contributed by atoms with van der Waals surface area (Å²) < 4.78 is 4.91. The summed E-state index contributed by atoms with van der Waals surface area (Å²) in [5.74, 6) is -0.415. The van der Waals surface area contributed by atoms with E-state index in [1.165, 1.54) is 18.7 Å². The van der Waals surface area contributed by atoms with Gasteiger partial charge in [-0.25, -0.2) is 0 Å². The smallest absolute Gasteiger partial charge is 0.251 e. The summed E-state index contributed by atoms with van der Waals surface area (Å²) in [7, 11) is 1.57. The number of rotatable bonds is 7. The minimum absolute atomic E-state index is 0.199. The minimum Gasteiger partial charge on any atom is -0.383 e. The second-order valence-electron chi connectivity index (χ2n) is 5.20. The SMILES string of the molecule is COCCNC(=O)c1ccc(Sc2ccc(Cl)cc2)c(NC(C)=O)c1. The van der Waals surface area contributed by atoms with Crippen LogP contribution in [0.3, 0.4) is 0 Å². The quantitative estimate of drug-likeness (QED) is 0.718. The van der Waals surface area contributed by atoms with Gasteiger partial charge in [0.15, 0.2) is 0 Å².